The van der Waals surface area contributed by atoms with Crippen LogP contribution in [0.1, 0.15) is 34.8 Å². The highest BCUT2D eigenvalue weighted by atomic mass is 35.5. The second-order valence-corrected chi connectivity index (χ2v) is 8.75. The number of fused-ring (bicyclic) bond motifs is 1. The highest BCUT2D eigenvalue weighted by molar-refractivity contribution is 7.22. The number of hydrogen-bond donors (Lipinski definition) is 1. The lowest BCUT2D eigenvalue weighted by atomic mass is 10.2. The number of furan rings is 1. The summed E-state index contributed by atoms with van der Waals surface area (Å²) < 4.78 is 11.6. The highest BCUT2D eigenvalue weighted by Gasteiger charge is 2.16. The molecule has 0 bridgehead atoms. The van der Waals surface area contributed by atoms with Crippen LogP contribution in [-0.2, 0) is 4.74 Å². The Labute approximate surface area is 191 Å². The van der Waals surface area contributed by atoms with Crippen LogP contribution in [0.4, 0.5) is 5.13 Å². The summed E-state index contributed by atoms with van der Waals surface area (Å²) in [5.74, 6) is -0.228. The van der Waals surface area contributed by atoms with Gasteiger partial charge < -0.3 is 9.15 Å². The standard InChI is InChI=1S/C22H16Cl2N2O4S/c1-11(2)29-21(28)13-4-6-16-19(10-13)31-22(25-16)26-20(27)18-8-7-17(30-18)12-3-5-14(23)15(24)9-12/h3-11H,1-2H3,(H,25,26,27). The van der Waals surface area contributed by atoms with E-state index in [1.54, 1.807) is 62.4 Å². The molecule has 9 heteroatoms. The van der Waals surface area contributed by atoms with Crippen molar-refractivity contribution in [2.45, 2.75) is 20.0 Å². The van der Waals surface area contributed by atoms with E-state index in [0.717, 1.165) is 4.70 Å². The Morgan fingerprint density at radius 1 is 1.06 bits per heavy atom. The van der Waals surface area contributed by atoms with Crippen LogP contribution in [0.2, 0.25) is 10.0 Å². The molecule has 0 atom stereocenters. The van der Waals surface area contributed by atoms with Crippen LogP contribution in [0, 0.1) is 0 Å². The first-order valence-electron chi connectivity index (χ1n) is 9.28. The van der Waals surface area contributed by atoms with Crippen molar-refractivity contribution in [1.82, 2.24) is 4.98 Å². The van der Waals surface area contributed by atoms with Crippen molar-refractivity contribution < 1.29 is 18.7 Å². The number of esters is 1. The number of ether oxygens (including phenoxy) is 1. The fourth-order valence-electron chi connectivity index (χ4n) is 2.81. The summed E-state index contributed by atoms with van der Waals surface area (Å²) in [5.41, 5.74) is 1.80. The number of nitrogens with zero attached hydrogens (tertiary/aromatic N) is 1. The summed E-state index contributed by atoms with van der Waals surface area (Å²) in [7, 11) is 0. The smallest absolute Gasteiger partial charge is 0.338 e. The summed E-state index contributed by atoms with van der Waals surface area (Å²) in [6.45, 7) is 3.58. The van der Waals surface area contributed by atoms with Gasteiger partial charge in [-0.3, -0.25) is 10.1 Å². The molecule has 158 valence electrons. The molecule has 1 amide bonds. The third-order valence-corrected chi connectivity index (χ3v) is 5.89. The topological polar surface area (TPSA) is 81.4 Å². The molecule has 0 spiro atoms. The van der Waals surface area contributed by atoms with Crippen LogP contribution in [-0.4, -0.2) is 23.0 Å². The maximum Gasteiger partial charge on any atom is 0.338 e. The van der Waals surface area contributed by atoms with E-state index in [2.05, 4.69) is 10.3 Å². The Bertz CT molecular complexity index is 1300. The Morgan fingerprint density at radius 2 is 1.87 bits per heavy atom. The zero-order chi connectivity index (χ0) is 22.1. The summed E-state index contributed by atoms with van der Waals surface area (Å²) in [6.07, 6.45) is -0.207. The van der Waals surface area contributed by atoms with E-state index in [4.69, 9.17) is 32.4 Å². The maximum absolute atomic E-state index is 12.6. The molecule has 6 nitrogen and oxygen atoms in total. The zero-order valence-corrected chi connectivity index (χ0v) is 18.8. The van der Waals surface area contributed by atoms with Gasteiger partial charge in [0.25, 0.3) is 5.91 Å². The lowest BCUT2D eigenvalue weighted by Crippen LogP contribution is -2.11. The summed E-state index contributed by atoms with van der Waals surface area (Å²) in [5, 5.41) is 3.95. The molecule has 31 heavy (non-hydrogen) atoms. The number of hydrogen-bond acceptors (Lipinski definition) is 6. The Balaban J connectivity index is 1.51. The second kappa shape index (κ2) is 8.70. The Kier molecular flexibility index (Phi) is 6.00. The predicted molar refractivity (Wildman–Crippen MR) is 122 cm³/mol. The van der Waals surface area contributed by atoms with Crippen molar-refractivity contribution in [2.24, 2.45) is 0 Å². The SMILES string of the molecule is CC(C)OC(=O)c1ccc2nc(NC(=O)c3ccc(-c4ccc(Cl)c(Cl)c4)o3)sc2c1. The molecular formula is C22H16Cl2N2O4S. The third-order valence-electron chi connectivity index (χ3n) is 4.22. The molecule has 0 aliphatic rings. The monoisotopic (exact) mass is 474 g/mol. The van der Waals surface area contributed by atoms with Crippen LogP contribution in [0.5, 0.6) is 0 Å². The molecule has 0 radical (unpaired) electrons. The number of benzene rings is 2. The van der Waals surface area contributed by atoms with E-state index in [-0.39, 0.29) is 11.9 Å². The molecule has 0 unspecified atom stereocenters. The van der Waals surface area contributed by atoms with Crippen molar-refractivity contribution in [3.05, 3.63) is 69.9 Å². The van der Waals surface area contributed by atoms with Crippen molar-refractivity contribution in [3.8, 4) is 11.3 Å². The van der Waals surface area contributed by atoms with Crippen LogP contribution < -0.4 is 5.32 Å². The van der Waals surface area contributed by atoms with Gasteiger partial charge in [0.2, 0.25) is 0 Å². The molecule has 1 N–H and O–H groups in total. The lowest BCUT2D eigenvalue weighted by molar-refractivity contribution is 0.0378. The number of thiazole rings is 1. The second-order valence-electron chi connectivity index (χ2n) is 6.90. The van der Waals surface area contributed by atoms with Gasteiger partial charge in [-0.25, -0.2) is 9.78 Å². The molecule has 2 aromatic heterocycles. The minimum Gasteiger partial charge on any atom is -0.459 e. The van der Waals surface area contributed by atoms with Crippen LogP contribution in [0.3, 0.4) is 0 Å². The van der Waals surface area contributed by atoms with Gasteiger partial charge in [0.15, 0.2) is 10.9 Å². The number of nitrogens with one attached hydrogen (secondary N) is 1. The number of halogens is 2. The minimum absolute atomic E-state index is 0.126. The van der Waals surface area contributed by atoms with E-state index in [0.29, 0.717) is 37.6 Å². The predicted octanol–water partition coefficient (Wildman–Crippen LogP) is 6.68. The summed E-state index contributed by atoms with van der Waals surface area (Å²) in [6, 6.07) is 13.4. The molecule has 0 fully saturated rings. The average Bonchev–Trinajstić information content (AvgIpc) is 3.35. The maximum atomic E-state index is 12.6. The Hall–Kier alpha value is -2.87. The zero-order valence-electron chi connectivity index (χ0n) is 16.4. The third kappa shape index (κ3) is 4.74. The van der Waals surface area contributed by atoms with Gasteiger partial charge in [-0.05, 0) is 62.4 Å². The molecule has 0 saturated carbocycles. The number of rotatable bonds is 5. The number of anilines is 1. The first-order valence-corrected chi connectivity index (χ1v) is 10.9. The van der Waals surface area contributed by atoms with E-state index < -0.39 is 11.9 Å². The van der Waals surface area contributed by atoms with Crippen LogP contribution >= 0.6 is 34.5 Å². The number of carbonyl (C=O) groups is 2. The van der Waals surface area contributed by atoms with E-state index in [1.807, 2.05) is 0 Å². The van der Waals surface area contributed by atoms with Gasteiger partial charge in [-0.1, -0.05) is 34.5 Å². The molecular weight excluding hydrogens is 459 g/mol. The average molecular weight is 475 g/mol. The van der Waals surface area contributed by atoms with E-state index >= 15 is 0 Å². The van der Waals surface area contributed by atoms with Crippen LogP contribution in [0.25, 0.3) is 21.5 Å². The highest BCUT2D eigenvalue weighted by Crippen LogP contribution is 2.31. The molecule has 0 aliphatic heterocycles. The Morgan fingerprint density at radius 3 is 2.61 bits per heavy atom. The summed E-state index contributed by atoms with van der Waals surface area (Å²) >= 11 is 13.2. The number of amides is 1. The molecule has 2 aromatic carbocycles. The quantitative estimate of drug-likeness (QED) is 0.326. The lowest BCUT2D eigenvalue weighted by Gasteiger charge is -2.07. The fraction of sp³-hybridized carbons (Fsp3) is 0.136. The molecule has 2 heterocycles. The van der Waals surface area contributed by atoms with Gasteiger partial charge in [-0.15, -0.1) is 0 Å². The molecule has 4 aromatic rings. The van der Waals surface area contributed by atoms with Gasteiger partial charge >= 0.3 is 5.97 Å². The van der Waals surface area contributed by atoms with Gasteiger partial charge in [0.1, 0.15) is 5.76 Å². The van der Waals surface area contributed by atoms with Gasteiger partial charge in [0, 0.05) is 5.56 Å². The van der Waals surface area contributed by atoms with Crippen molar-refractivity contribution in [3.63, 3.8) is 0 Å². The van der Waals surface area contributed by atoms with E-state index in [1.165, 1.54) is 11.3 Å². The first-order chi connectivity index (χ1) is 14.8. The number of aromatic nitrogens is 1. The van der Waals surface area contributed by atoms with Crippen LogP contribution in [0.15, 0.2) is 52.9 Å². The first kappa shape index (κ1) is 21.4. The molecule has 0 saturated heterocycles. The van der Waals surface area contributed by atoms with Gasteiger partial charge in [-0.2, -0.15) is 0 Å². The van der Waals surface area contributed by atoms with Crippen molar-refractivity contribution in [1.29, 1.82) is 0 Å². The van der Waals surface area contributed by atoms with Gasteiger partial charge in [0.05, 0.1) is 31.9 Å². The largest absolute Gasteiger partial charge is 0.459 e. The fourth-order valence-corrected chi connectivity index (χ4v) is 4.01. The summed E-state index contributed by atoms with van der Waals surface area (Å²) in [4.78, 5) is 29.1. The molecule has 0 aliphatic carbocycles. The van der Waals surface area contributed by atoms with Crippen molar-refractivity contribution in [2.75, 3.05) is 5.32 Å². The van der Waals surface area contributed by atoms with E-state index in [9.17, 15) is 9.59 Å². The molecule has 4 rings (SSSR count). The normalized spacial score (nSPS) is 11.1. The van der Waals surface area contributed by atoms with Crippen molar-refractivity contribution >= 4 is 61.8 Å². The minimum atomic E-state index is -0.440. The number of carbonyl (C=O) groups excluding carboxylic acids is 2.